The molecule has 1 aromatic carbocycles. The van der Waals surface area contributed by atoms with Crippen LogP contribution >= 0.6 is 0 Å². The van der Waals surface area contributed by atoms with E-state index in [2.05, 4.69) is 25.5 Å². The normalized spacial score (nSPS) is 16.5. The van der Waals surface area contributed by atoms with Crippen LogP contribution in [0.15, 0.2) is 48.5 Å². The van der Waals surface area contributed by atoms with Crippen LogP contribution < -0.4 is 5.32 Å². The van der Waals surface area contributed by atoms with Crippen molar-refractivity contribution in [2.24, 2.45) is 0 Å². The monoisotopic (exact) mass is 388 g/mol. The van der Waals surface area contributed by atoms with E-state index in [0.717, 1.165) is 36.3 Å². The van der Waals surface area contributed by atoms with Gasteiger partial charge in [0.2, 0.25) is 5.91 Å². The van der Waals surface area contributed by atoms with Gasteiger partial charge in [0.05, 0.1) is 11.7 Å². The summed E-state index contributed by atoms with van der Waals surface area (Å²) in [6, 6.07) is 13.6. The first-order valence-electron chi connectivity index (χ1n) is 9.77. The second-order valence-corrected chi connectivity index (χ2v) is 7.22. The Morgan fingerprint density at radius 3 is 2.76 bits per heavy atom. The molecule has 0 radical (unpaired) electrons. The molecule has 1 saturated heterocycles. The van der Waals surface area contributed by atoms with Gasteiger partial charge in [-0.1, -0.05) is 30.3 Å². The molecule has 1 fully saturated rings. The van der Waals surface area contributed by atoms with Crippen molar-refractivity contribution in [3.63, 3.8) is 0 Å². The smallest absolute Gasteiger partial charge is 0.247 e. The molecule has 2 N–H and O–H groups in total. The molecule has 4 rings (SSSR count). The fourth-order valence-electron chi connectivity index (χ4n) is 3.60. The maximum absolute atomic E-state index is 12.8. The van der Waals surface area contributed by atoms with Gasteiger partial charge in [0.1, 0.15) is 11.6 Å². The molecule has 7 nitrogen and oxygen atoms in total. The third kappa shape index (κ3) is 4.51. The van der Waals surface area contributed by atoms with Crippen molar-refractivity contribution in [1.29, 1.82) is 0 Å². The number of benzene rings is 1. The number of anilines is 2. The zero-order valence-corrected chi connectivity index (χ0v) is 16.6. The number of H-pyrrole nitrogens is 1. The Kier molecular flexibility index (Phi) is 5.37. The topological polar surface area (TPSA) is 86.8 Å². The van der Waals surface area contributed by atoms with Crippen molar-refractivity contribution in [2.75, 3.05) is 11.9 Å². The van der Waals surface area contributed by atoms with Crippen molar-refractivity contribution in [1.82, 2.24) is 25.1 Å². The van der Waals surface area contributed by atoms with Gasteiger partial charge in [0, 0.05) is 30.4 Å². The number of likely N-dealkylation sites (tertiary alicyclic amines) is 1. The third-order valence-corrected chi connectivity index (χ3v) is 4.92. The SMILES string of the molecule is Cc1nc(Nc2cc(C)[nH]n2)cc(C2CCCN2C(=O)/C=C/c2ccccc2)n1. The van der Waals surface area contributed by atoms with Gasteiger partial charge in [-0.15, -0.1) is 0 Å². The number of nitrogens with zero attached hydrogens (tertiary/aromatic N) is 4. The molecule has 2 aromatic heterocycles. The van der Waals surface area contributed by atoms with Crippen LogP contribution in [-0.2, 0) is 4.79 Å². The van der Waals surface area contributed by atoms with Crippen LogP contribution in [0.3, 0.4) is 0 Å². The number of amides is 1. The number of aryl methyl sites for hydroxylation is 2. The van der Waals surface area contributed by atoms with E-state index < -0.39 is 0 Å². The van der Waals surface area contributed by atoms with Crippen LogP contribution in [0.4, 0.5) is 11.6 Å². The standard InChI is InChI=1S/C22H24N6O/c1-15-13-21(27-26-15)25-20-14-18(23-16(2)24-20)19-9-6-12-28(19)22(29)11-10-17-7-4-3-5-8-17/h3-5,7-8,10-11,13-14,19H,6,9,12H2,1-2H3,(H2,23,24,25,26,27)/b11-10+. The lowest BCUT2D eigenvalue weighted by Gasteiger charge is -2.23. The molecule has 3 heterocycles. The maximum atomic E-state index is 12.8. The first-order chi connectivity index (χ1) is 14.1. The summed E-state index contributed by atoms with van der Waals surface area (Å²) in [6.45, 7) is 4.54. The van der Waals surface area contributed by atoms with Crippen LogP contribution in [0, 0.1) is 13.8 Å². The lowest BCUT2D eigenvalue weighted by Crippen LogP contribution is -2.29. The molecular weight excluding hydrogens is 364 g/mol. The molecule has 0 saturated carbocycles. The first kappa shape index (κ1) is 18.9. The Bertz CT molecular complexity index is 1030. The minimum atomic E-state index is -0.0499. The summed E-state index contributed by atoms with van der Waals surface area (Å²) in [5.41, 5.74) is 2.83. The highest BCUT2D eigenvalue weighted by atomic mass is 16.2. The van der Waals surface area contributed by atoms with Gasteiger partial charge in [-0.25, -0.2) is 9.97 Å². The van der Waals surface area contributed by atoms with Crippen molar-refractivity contribution < 1.29 is 4.79 Å². The predicted octanol–water partition coefficient (Wildman–Crippen LogP) is 3.94. The van der Waals surface area contributed by atoms with Crippen LogP contribution in [0.25, 0.3) is 6.08 Å². The quantitative estimate of drug-likeness (QED) is 0.647. The van der Waals surface area contributed by atoms with Gasteiger partial charge in [-0.05, 0) is 38.3 Å². The molecule has 29 heavy (non-hydrogen) atoms. The summed E-state index contributed by atoms with van der Waals surface area (Å²) >= 11 is 0. The lowest BCUT2D eigenvalue weighted by atomic mass is 10.1. The van der Waals surface area contributed by atoms with Gasteiger partial charge in [-0.3, -0.25) is 9.89 Å². The van der Waals surface area contributed by atoms with Crippen LogP contribution in [0.2, 0.25) is 0 Å². The predicted molar refractivity (Wildman–Crippen MR) is 113 cm³/mol. The molecule has 1 aliphatic rings. The number of nitrogens with one attached hydrogen (secondary N) is 2. The summed E-state index contributed by atoms with van der Waals surface area (Å²) < 4.78 is 0. The van der Waals surface area contributed by atoms with Gasteiger partial charge in [0.25, 0.3) is 0 Å². The van der Waals surface area contributed by atoms with E-state index in [1.165, 1.54) is 0 Å². The van der Waals surface area contributed by atoms with Crippen molar-refractivity contribution in [3.8, 4) is 0 Å². The number of hydrogen-bond acceptors (Lipinski definition) is 5. The summed E-state index contributed by atoms with van der Waals surface area (Å²) in [5.74, 6) is 2.05. The van der Waals surface area contributed by atoms with E-state index in [0.29, 0.717) is 17.5 Å². The summed E-state index contributed by atoms with van der Waals surface area (Å²) in [7, 11) is 0. The van der Waals surface area contributed by atoms with Gasteiger partial charge in [-0.2, -0.15) is 5.10 Å². The number of aromatic amines is 1. The fourth-order valence-corrected chi connectivity index (χ4v) is 3.60. The Morgan fingerprint density at radius 2 is 2.00 bits per heavy atom. The highest BCUT2D eigenvalue weighted by Crippen LogP contribution is 2.32. The molecule has 7 heteroatoms. The van der Waals surface area contributed by atoms with Crippen LogP contribution in [-0.4, -0.2) is 37.5 Å². The highest BCUT2D eigenvalue weighted by molar-refractivity contribution is 5.92. The molecule has 3 aromatic rings. The minimum absolute atomic E-state index is 0.00468. The molecular formula is C22H24N6O. The summed E-state index contributed by atoms with van der Waals surface area (Å²) in [6.07, 6.45) is 5.35. The number of hydrogen-bond donors (Lipinski definition) is 2. The molecule has 0 aliphatic carbocycles. The summed E-state index contributed by atoms with van der Waals surface area (Å²) in [4.78, 5) is 23.8. The van der Waals surface area contributed by atoms with E-state index in [4.69, 9.17) is 0 Å². The third-order valence-electron chi connectivity index (χ3n) is 4.92. The Labute approximate surface area is 169 Å². The summed E-state index contributed by atoms with van der Waals surface area (Å²) in [5, 5.41) is 10.3. The second kappa shape index (κ2) is 8.26. The number of carbonyl (C=O) groups excluding carboxylic acids is 1. The Balaban J connectivity index is 1.53. The molecule has 1 aliphatic heterocycles. The molecule has 1 unspecified atom stereocenters. The first-order valence-corrected chi connectivity index (χ1v) is 9.77. The average molecular weight is 388 g/mol. The van der Waals surface area contributed by atoms with E-state index in [-0.39, 0.29) is 11.9 Å². The van der Waals surface area contributed by atoms with Gasteiger partial charge >= 0.3 is 0 Å². The zero-order chi connectivity index (χ0) is 20.2. The van der Waals surface area contributed by atoms with Crippen molar-refractivity contribution >= 4 is 23.6 Å². The maximum Gasteiger partial charge on any atom is 0.247 e. The van der Waals surface area contributed by atoms with E-state index >= 15 is 0 Å². The van der Waals surface area contributed by atoms with Crippen molar-refractivity contribution in [3.05, 3.63) is 71.3 Å². The number of carbonyl (C=O) groups is 1. The Hall–Kier alpha value is -3.48. The molecule has 148 valence electrons. The Morgan fingerprint density at radius 1 is 1.17 bits per heavy atom. The molecule has 0 bridgehead atoms. The number of aromatic nitrogens is 4. The molecule has 1 amide bonds. The van der Waals surface area contributed by atoms with E-state index in [9.17, 15) is 4.79 Å². The zero-order valence-electron chi connectivity index (χ0n) is 16.6. The van der Waals surface area contributed by atoms with E-state index in [1.54, 1.807) is 6.08 Å². The largest absolute Gasteiger partial charge is 0.331 e. The van der Waals surface area contributed by atoms with Gasteiger partial charge < -0.3 is 10.2 Å². The average Bonchev–Trinajstić information content (AvgIpc) is 3.36. The molecule has 0 spiro atoms. The van der Waals surface area contributed by atoms with Crippen molar-refractivity contribution in [2.45, 2.75) is 32.7 Å². The van der Waals surface area contributed by atoms with E-state index in [1.807, 2.05) is 67.3 Å². The fraction of sp³-hybridized carbons (Fsp3) is 0.273. The lowest BCUT2D eigenvalue weighted by molar-refractivity contribution is -0.126. The molecule has 1 atom stereocenters. The van der Waals surface area contributed by atoms with Gasteiger partial charge in [0.15, 0.2) is 5.82 Å². The van der Waals surface area contributed by atoms with Crippen LogP contribution in [0.1, 0.15) is 41.7 Å². The highest BCUT2D eigenvalue weighted by Gasteiger charge is 2.30. The van der Waals surface area contributed by atoms with Crippen LogP contribution in [0.5, 0.6) is 0 Å². The minimum Gasteiger partial charge on any atom is -0.331 e. The number of rotatable bonds is 5. The second-order valence-electron chi connectivity index (χ2n) is 7.22.